The van der Waals surface area contributed by atoms with Crippen LogP contribution in [0.25, 0.3) is 0 Å². The van der Waals surface area contributed by atoms with Crippen LogP contribution in [0, 0.1) is 10.1 Å². The number of anilines is 1. The highest BCUT2D eigenvalue weighted by Gasteiger charge is 2.22. The van der Waals surface area contributed by atoms with Crippen LogP contribution >= 0.6 is 0 Å². The minimum atomic E-state index is -0.444. The number of nitrogens with two attached hydrogens (primary N) is 1. The van der Waals surface area contributed by atoms with Gasteiger partial charge in [-0.1, -0.05) is 12.5 Å². The molecule has 1 aromatic carbocycles. The Kier molecular flexibility index (Phi) is 4.92. The maximum absolute atomic E-state index is 10.9. The van der Waals surface area contributed by atoms with Crippen molar-refractivity contribution in [3.05, 3.63) is 33.9 Å². The third-order valence-electron chi connectivity index (χ3n) is 3.89. The number of hydrogen-bond donors (Lipinski definition) is 2. The number of piperidine rings is 1. The second-order valence-corrected chi connectivity index (χ2v) is 5.28. The molecule has 0 bridgehead atoms. The molecule has 3 N–H and O–H groups in total. The van der Waals surface area contributed by atoms with Crippen LogP contribution in [0.15, 0.2) is 18.2 Å². The van der Waals surface area contributed by atoms with E-state index < -0.39 is 4.92 Å². The molecule has 1 fully saturated rings. The summed E-state index contributed by atoms with van der Waals surface area (Å²) in [6, 6.07) is 5.36. The first-order valence-corrected chi connectivity index (χ1v) is 6.99. The summed E-state index contributed by atoms with van der Waals surface area (Å²) in [5, 5.41) is 20.0. The maximum atomic E-state index is 10.9. The van der Waals surface area contributed by atoms with Gasteiger partial charge in [-0.2, -0.15) is 0 Å². The molecule has 0 spiro atoms. The van der Waals surface area contributed by atoms with E-state index in [9.17, 15) is 10.1 Å². The van der Waals surface area contributed by atoms with Gasteiger partial charge in [0.25, 0.3) is 5.69 Å². The van der Waals surface area contributed by atoms with Crippen LogP contribution < -0.4 is 5.73 Å². The van der Waals surface area contributed by atoms with Crippen LogP contribution in [-0.4, -0.2) is 34.1 Å². The van der Waals surface area contributed by atoms with Gasteiger partial charge >= 0.3 is 0 Å². The fraction of sp³-hybridized carbons (Fsp3) is 0.571. The molecule has 0 aromatic heterocycles. The summed E-state index contributed by atoms with van der Waals surface area (Å²) in [6.07, 6.45) is 4.16. The number of likely N-dealkylation sites (tertiary alicyclic amines) is 1. The summed E-state index contributed by atoms with van der Waals surface area (Å²) in [5.41, 5.74) is 6.68. The summed E-state index contributed by atoms with van der Waals surface area (Å²) in [5.74, 6) is 0. The van der Waals surface area contributed by atoms with Gasteiger partial charge in [0.2, 0.25) is 0 Å². The first kappa shape index (κ1) is 14.7. The number of aliphatic hydroxyl groups excluding tert-OH is 1. The molecule has 0 saturated carbocycles. The Bertz CT molecular complexity index is 477. The summed E-state index contributed by atoms with van der Waals surface area (Å²) < 4.78 is 0. The van der Waals surface area contributed by atoms with Crippen molar-refractivity contribution < 1.29 is 10.0 Å². The van der Waals surface area contributed by atoms with E-state index in [1.807, 2.05) is 6.07 Å². The normalized spacial score (nSPS) is 19.9. The molecule has 0 radical (unpaired) electrons. The molecule has 1 unspecified atom stereocenters. The molecule has 6 nitrogen and oxygen atoms in total. The lowest BCUT2D eigenvalue weighted by atomic mass is 9.98. The lowest BCUT2D eigenvalue weighted by molar-refractivity contribution is -0.384. The number of benzene rings is 1. The monoisotopic (exact) mass is 279 g/mol. The third-order valence-corrected chi connectivity index (χ3v) is 3.89. The number of nitrogens with zero attached hydrogens (tertiary/aromatic N) is 2. The van der Waals surface area contributed by atoms with Gasteiger partial charge in [0.15, 0.2) is 0 Å². The van der Waals surface area contributed by atoms with Crippen molar-refractivity contribution >= 4 is 11.4 Å². The smallest absolute Gasteiger partial charge is 0.292 e. The standard InChI is InChI=1S/C14H21N3O3/c15-13-5-4-11(9-14(13)17(19)20)10-16-7-2-1-3-12(16)6-8-18/h4-5,9,12,18H,1-3,6-8,10,15H2. The molecule has 1 heterocycles. The van der Waals surface area contributed by atoms with Crippen LogP contribution in [0.4, 0.5) is 11.4 Å². The molecular formula is C14H21N3O3. The van der Waals surface area contributed by atoms with E-state index in [0.29, 0.717) is 12.6 Å². The molecule has 0 amide bonds. The molecule has 1 aromatic rings. The molecule has 1 aliphatic heterocycles. The lowest BCUT2D eigenvalue weighted by Gasteiger charge is -2.35. The first-order valence-electron chi connectivity index (χ1n) is 6.99. The third kappa shape index (κ3) is 3.46. The maximum Gasteiger partial charge on any atom is 0.292 e. The van der Waals surface area contributed by atoms with E-state index in [-0.39, 0.29) is 18.0 Å². The lowest BCUT2D eigenvalue weighted by Crippen LogP contribution is -2.39. The summed E-state index contributed by atoms with van der Waals surface area (Å²) >= 11 is 0. The van der Waals surface area contributed by atoms with Gasteiger partial charge in [-0.3, -0.25) is 15.0 Å². The molecule has 1 atom stereocenters. The SMILES string of the molecule is Nc1ccc(CN2CCCCC2CCO)cc1[N+](=O)[O-]. The van der Waals surface area contributed by atoms with Crippen molar-refractivity contribution in [2.45, 2.75) is 38.3 Å². The van der Waals surface area contributed by atoms with Gasteiger partial charge in [-0.15, -0.1) is 0 Å². The summed E-state index contributed by atoms with van der Waals surface area (Å²) in [6.45, 7) is 1.83. The summed E-state index contributed by atoms with van der Waals surface area (Å²) in [7, 11) is 0. The van der Waals surface area contributed by atoms with Gasteiger partial charge in [0.1, 0.15) is 5.69 Å². The molecule has 20 heavy (non-hydrogen) atoms. The number of aliphatic hydroxyl groups is 1. The Labute approximate surface area is 118 Å². The quantitative estimate of drug-likeness (QED) is 0.488. The second kappa shape index (κ2) is 6.67. The predicted octanol–water partition coefficient (Wildman–Crippen LogP) is 1.91. The minimum absolute atomic E-state index is 0.0294. The van der Waals surface area contributed by atoms with Gasteiger partial charge in [0, 0.05) is 25.3 Å². The van der Waals surface area contributed by atoms with Gasteiger partial charge in [-0.05, 0) is 37.4 Å². The molecule has 110 valence electrons. The van der Waals surface area contributed by atoms with Gasteiger partial charge in [-0.25, -0.2) is 0 Å². The zero-order valence-electron chi connectivity index (χ0n) is 11.5. The fourth-order valence-corrected chi connectivity index (χ4v) is 2.82. The Morgan fingerprint density at radius 3 is 2.95 bits per heavy atom. The van der Waals surface area contributed by atoms with Crippen LogP contribution in [0.2, 0.25) is 0 Å². The number of nitro groups is 1. The molecule has 1 saturated heterocycles. The number of hydrogen-bond acceptors (Lipinski definition) is 5. The Morgan fingerprint density at radius 1 is 1.45 bits per heavy atom. The highest BCUT2D eigenvalue weighted by molar-refractivity contribution is 5.59. The predicted molar refractivity (Wildman–Crippen MR) is 77.3 cm³/mol. The minimum Gasteiger partial charge on any atom is -0.396 e. The zero-order chi connectivity index (χ0) is 14.5. The average molecular weight is 279 g/mol. The van der Waals surface area contributed by atoms with Crippen LogP contribution in [-0.2, 0) is 6.54 Å². The highest BCUT2D eigenvalue weighted by atomic mass is 16.6. The molecular weight excluding hydrogens is 258 g/mol. The number of nitrogen functional groups attached to an aromatic ring is 1. The van der Waals surface area contributed by atoms with Crippen molar-refractivity contribution in [3.63, 3.8) is 0 Å². The Balaban J connectivity index is 2.11. The van der Waals surface area contributed by atoms with E-state index in [1.54, 1.807) is 12.1 Å². The van der Waals surface area contributed by atoms with Gasteiger partial charge < -0.3 is 10.8 Å². The van der Waals surface area contributed by atoms with Crippen molar-refractivity contribution in [3.8, 4) is 0 Å². The van der Waals surface area contributed by atoms with Gasteiger partial charge in [0.05, 0.1) is 4.92 Å². The van der Waals surface area contributed by atoms with Crippen LogP contribution in [0.5, 0.6) is 0 Å². The van der Waals surface area contributed by atoms with Crippen LogP contribution in [0.3, 0.4) is 0 Å². The van der Waals surface area contributed by atoms with Crippen molar-refractivity contribution in [2.75, 3.05) is 18.9 Å². The summed E-state index contributed by atoms with van der Waals surface area (Å²) in [4.78, 5) is 12.8. The highest BCUT2D eigenvalue weighted by Crippen LogP contribution is 2.26. The molecule has 2 rings (SSSR count). The van der Waals surface area contributed by atoms with E-state index in [1.165, 1.54) is 6.42 Å². The topological polar surface area (TPSA) is 92.6 Å². The fourth-order valence-electron chi connectivity index (χ4n) is 2.82. The van der Waals surface area contributed by atoms with E-state index in [2.05, 4.69) is 4.90 Å². The largest absolute Gasteiger partial charge is 0.396 e. The molecule has 6 heteroatoms. The second-order valence-electron chi connectivity index (χ2n) is 5.28. The first-order chi connectivity index (χ1) is 9.61. The zero-order valence-corrected chi connectivity index (χ0v) is 11.5. The molecule has 1 aliphatic rings. The Morgan fingerprint density at radius 2 is 2.25 bits per heavy atom. The number of nitro benzene ring substituents is 1. The van der Waals surface area contributed by atoms with Crippen LogP contribution in [0.1, 0.15) is 31.2 Å². The average Bonchev–Trinajstić information content (AvgIpc) is 2.43. The van der Waals surface area contributed by atoms with E-state index >= 15 is 0 Å². The van der Waals surface area contributed by atoms with Crippen molar-refractivity contribution in [2.24, 2.45) is 0 Å². The van der Waals surface area contributed by atoms with Crippen molar-refractivity contribution in [1.29, 1.82) is 0 Å². The Hall–Kier alpha value is -1.66. The van der Waals surface area contributed by atoms with E-state index in [0.717, 1.165) is 31.4 Å². The molecule has 0 aliphatic carbocycles. The van der Waals surface area contributed by atoms with Crippen molar-refractivity contribution in [1.82, 2.24) is 4.90 Å². The van der Waals surface area contributed by atoms with E-state index in [4.69, 9.17) is 10.8 Å². The number of rotatable bonds is 5.